The Balaban J connectivity index is 1.48. The van der Waals surface area contributed by atoms with Crippen molar-refractivity contribution in [3.05, 3.63) is 112 Å². The molecule has 1 fully saturated rings. The first-order valence-electron chi connectivity index (χ1n) is 20.1. The number of fused-ring (bicyclic) bond motifs is 1. The number of H-pyrrole nitrogens is 1. The fourth-order valence-electron chi connectivity index (χ4n) is 7.29. The van der Waals surface area contributed by atoms with Crippen LogP contribution in [0.1, 0.15) is 70.9 Å². The molecule has 2 N–H and O–H groups in total. The minimum Gasteiger partial charge on any atom is -0.497 e. The predicted octanol–water partition coefficient (Wildman–Crippen LogP) is 7.64. The number of nitrogens with zero attached hydrogens (tertiary/aromatic N) is 5. The van der Waals surface area contributed by atoms with Gasteiger partial charge in [-0.05, 0) is 68.7 Å². The van der Waals surface area contributed by atoms with E-state index >= 15 is 4.39 Å². The van der Waals surface area contributed by atoms with E-state index in [9.17, 15) is 14.9 Å². The molecule has 0 aliphatic carbocycles. The van der Waals surface area contributed by atoms with Crippen LogP contribution < -0.4 is 20.3 Å². The fraction of sp³-hybridized carbons (Fsp3) is 0.432. The van der Waals surface area contributed by atoms with E-state index in [0.717, 1.165) is 16.7 Å². The van der Waals surface area contributed by atoms with Gasteiger partial charge in [0.1, 0.15) is 29.3 Å². The number of nitrogens with one attached hydrogen (secondary N) is 2. The Morgan fingerprint density at radius 2 is 1.56 bits per heavy atom. The number of methoxy groups -OCH3 is 2. The zero-order valence-electron chi connectivity index (χ0n) is 35.6. The molecule has 324 valence electrons. The van der Waals surface area contributed by atoms with Crippen LogP contribution in [0.25, 0.3) is 11.2 Å². The quantitative estimate of drug-likeness (QED) is 0.0473. The average molecular weight is 858 g/mol. The molecule has 1 aliphatic heterocycles. The van der Waals surface area contributed by atoms with Gasteiger partial charge in [0.25, 0.3) is 14.1 Å². The first-order chi connectivity index (χ1) is 29.3. The number of aromatic amines is 1. The van der Waals surface area contributed by atoms with Gasteiger partial charge in [0.15, 0.2) is 23.6 Å². The Morgan fingerprint density at radius 3 is 2.10 bits per heavy atom. The minimum absolute atomic E-state index is 0.00982. The monoisotopic (exact) mass is 857 g/mol. The minimum atomic E-state index is -1.96. The van der Waals surface area contributed by atoms with Crippen molar-refractivity contribution in [3.63, 3.8) is 0 Å². The smallest absolute Gasteiger partial charge is 0.280 e. The molecular weight excluding hydrogens is 804 g/mol. The van der Waals surface area contributed by atoms with Crippen molar-refractivity contribution < 1.29 is 37.2 Å². The molecule has 0 radical (unpaired) electrons. The molecule has 0 spiro atoms. The molecule has 2 aromatic heterocycles. The summed E-state index contributed by atoms with van der Waals surface area (Å²) >= 11 is 0. The Kier molecular flexibility index (Phi) is 14.9. The number of hydrogen-bond acceptors (Lipinski definition) is 12. The number of carbonyl (C=O) groups excluding carboxylic acids is 1. The van der Waals surface area contributed by atoms with Crippen LogP contribution >= 0.6 is 8.53 Å². The van der Waals surface area contributed by atoms with Gasteiger partial charge >= 0.3 is 0 Å². The zero-order valence-corrected chi connectivity index (χ0v) is 36.5. The molecule has 5 aromatic rings. The maximum absolute atomic E-state index is 17.6. The van der Waals surface area contributed by atoms with Gasteiger partial charge in [0.2, 0.25) is 11.9 Å². The van der Waals surface area contributed by atoms with Crippen molar-refractivity contribution in [2.45, 2.75) is 90.3 Å². The molecular formula is C44H53FN7O8P. The summed E-state index contributed by atoms with van der Waals surface area (Å²) in [6.45, 7) is 11.2. The molecule has 0 bridgehead atoms. The van der Waals surface area contributed by atoms with Crippen LogP contribution in [0.2, 0.25) is 0 Å². The molecule has 17 heteroatoms. The van der Waals surface area contributed by atoms with Crippen LogP contribution in [0.15, 0.2) is 90.0 Å². The molecule has 3 heterocycles. The standard InChI is InChI=1S/C44H53FN7O8P/c1-27(2)40(53)49-43-48-39-37(41(54)50-43)47-26-51(39)42-36(45)38(60-61(58-24-12-23-46)52(28(3)4)29(5)6)35(59-42)25-57-44(30-13-10-9-11-14-30,31-15-19-33(55-7)20-16-31)32-17-21-34(56-8)22-18-32/h9-11,13-22,26-29,35-36,38,42H,12,24-25H2,1-8H3,(H2,48,49,50,53,54)/t35?,36-,38?,42?,61?/m0/s1. The number of carbonyl (C=O) groups is 1. The SMILES string of the molecule is COc1ccc(C(OCC2OC(n3cnc4c(=O)[nH]c(NC(=O)C(C)C)nc43)[C@@H](F)C2OP(OCCC#N)N(C(C)C)C(C)C)(c2ccccc2)c2ccc(OC)cc2)cc1. The van der Waals surface area contributed by atoms with E-state index in [-0.39, 0.29) is 54.7 Å². The Hall–Kier alpha value is -5.27. The number of amides is 1. The lowest BCUT2D eigenvalue weighted by molar-refractivity contribution is -0.118. The number of anilines is 1. The number of nitriles is 1. The second kappa shape index (κ2) is 20.1. The second-order valence-corrected chi connectivity index (χ2v) is 16.7. The van der Waals surface area contributed by atoms with Crippen molar-refractivity contribution in [2.24, 2.45) is 5.92 Å². The van der Waals surface area contributed by atoms with Crippen LogP contribution in [-0.2, 0) is 28.9 Å². The molecule has 6 rings (SSSR count). The lowest BCUT2D eigenvalue weighted by Gasteiger charge is -2.39. The van der Waals surface area contributed by atoms with E-state index in [0.29, 0.717) is 11.5 Å². The number of benzene rings is 3. The van der Waals surface area contributed by atoms with Gasteiger partial charge in [0.05, 0.1) is 46.3 Å². The van der Waals surface area contributed by atoms with Crippen molar-refractivity contribution in [1.29, 1.82) is 5.26 Å². The van der Waals surface area contributed by atoms with Crippen molar-refractivity contribution >= 4 is 31.5 Å². The molecule has 1 aliphatic rings. The summed E-state index contributed by atoms with van der Waals surface area (Å²) < 4.78 is 58.8. The molecule has 3 aromatic carbocycles. The van der Waals surface area contributed by atoms with Gasteiger partial charge in [-0.1, -0.05) is 68.4 Å². The number of halogens is 1. The number of imidazole rings is 1. The highest BCUT2D eigenvalue weighted by atomic mass is 31.2. The maximum atomic E-state index is 17.6. The highest BCUT2D eigenvalue weighted by Gasteiger charge is 2.51. The van der Waals surface area contributed by atoms with E-state index in [1.807, 2.05) is 111 Å². The third-order valence-corrected chi connectivity index (χ3v) is 12.4. The van der Waals surface area contributed by atoms with Crippen LogP contribution in [0.4, 0.5) is 10.3 Å². The van der Waals surface area contributed by atoms with Gasteiger partial charge in [0, 0.05) is 18.0 Å². The van der Waals surface area contributed by atoms with Crippen molar-refractivity contribution in [2.75, 3.05) is 32.8 Å². The Bertz CT molecular complexity index is 2260. The highest BCUT2D eigenvalue weighted by molar-refractivity contribution is 7.44. The van der Waals surface area contributed by atoms with Gasteiger partial charge in [-0.2, -0.15) is 10.2 Å². The molecule has 61 heavy (non-hydrogen) atoms. The summed E-state index contributed by atoms with van der Waals surface area (Å²) in [7, 11) is 1.23. The van der Waals surface area contributed by atoms with E-state index in [4.69, 9.17) is 28.0 Å². The first-order valence-corrected chi connectivity index (χ1v) is 21.3. The predicted molar refractivity (Wildman–Crippen MR) is 229 cm³/mol. The van der Waals surface area contributed by atoms with Gasteiger partial charge < -0.3 is 28.0 Å². The Labute approximate surface area is 356 Å². The summed E-state index contributed by atoms with van der Waals surface area (Å²) in [6, 6.07) is 26.7. The lowest BCUT2D eigenvalue weighted by Crippen LogP contribution is -2.41. The van der Waals surface area contributed by atoms with E-state index in [1.54, 1.807) is 28.1 Å². The molecule has 1 amide bonds. The zero-order chi connectivity index (χ0) is 43.8. The Morgan fingerprint density at radius 1 is 0.967 bits per heavy atom. The van der Waals surface area contributed by atoms with Gasteiger partial charge in [-0.15, -0.1) is 0 Å². The molecule has 4 unspecified atom stereocenters. The maximum Gasteiger partial charge on any atom is 0.280 e. The van der Waals surface area contributed by atoms with Crippen LogP contribution in [0.5, 0.6) is 11.5 Å². The number of ether oxygens (including phenoxy) is 4. The van der Waals surface area contributed by atoms with Gasteiger partial charge in [-0.25, -0.2) is 14.0 Å². The third kappa shape index (κ3) is 9.78. The van der Waals surface area contributed by atoms with Crippen LogP contribution in [0, 0.1) is 17.2 Å². The summed E-state index contributed by atoms with van der Waals surface area (Å²) in [5.41, 5.74) is 0.280. The molecule has 0 saturated carbocycles. The number of hydrogen-bond donors (Lipinski definition) is 2. The van der Waals surface area contributed by atoms with Crippen molar-refractivity contribution in [1.82, 2.24) is 24.2 Å². The first kappa shape index (κ1) is 45.3. The lowest BCUT2D eigenvalue weighted by atomic mass is 9.80. The van der Waals surface area contributed by atoms with Crippen LogP contribution in [-0.4, -0.2) is 88.0 Å². The van der Waals surface area contributed by atoms with Gasteiger partial charge in [-0.3, -0.25) is 24.5 Å². The summed E-state index contributed by atoms with van der Waals surface area (Å²) in [5.74, 6) is 0.392. The number of aromatic nitrogens is 4. The number of alkyl halides is 1. The topological polar surface area (TPSA) is 175 Å². The van der Waals surface area contributed by atoms with E-state index in [2.05, 4.69) is 26.3 Å². The third-order valence-electron chi connectivity index (χ3n) is 10.3. The highest BCUT2D eigenvalue weighted by Crippen LogP contribution is 2.51. The second-order valence-electron chi connectivity index (χ2n) is 15.3. The summed E-state index contributed by atoms with van der Waals surface area (Å²) in [6.07, 6.45) is -4.32. The molecule has 15 nitrogen and oxygen atoms in total. The van der Waals surface area contributed by atoms with Crippen LogP contribution in [0.3, 0.4) is 0 Å². The molecule has 1 saturated heterocycles. The normalized spacial score (nSPS) is 18.6. The average Bonchev–Trinajstić information content (AvgIpc) is 3.81. The summed E-state index contributed by atoms with van der Waals surface area (Å²) in [5, 5.41) is 12.0. The van der Waals surface area contributed by atoms with Crippen molar-refractivity contribution in [3.8, 4) is 17.6 Å². The fourth-order valence-corrected chi connectivity index (χ4v) is 9.06. The van der Waals surface area contributed by atoms with E-state index in [1.165, 1.54) is 10.9 Å². The molecule has 5 atom stereocenters. The number of rotatable bonds is 19. The van der Waals surface area contributed by atoms with E-state index < -0.39 is 50.2 Å². The largest absolute Gasteiger partial charge is 0.497 e. The summed E-state index contributed by atoms with van der Waals surface area (Å²) in [4.78, 5) is 37.1.